The van der Waals surface area contributed by atoms with Gasteiger partial charge in [0.2, 0.25) is 0 Å². The fourth-order valence-corrected chi connectivity index (χ4v) is 1.61. The van der Waals surface area contributed by atoms with Crippen molar-refractivity contribution in [3.8, 4) is 0 Å². The van der Waals surface area contributed by atoms with Gasteiger partial charge in [-0.05, 0) is 38.6 Å². The average molecular weight is 251 g/mol. The highest BCUT2D eigenvalue weighted by atomic mass is 16.6. The third-order valence-corrected chi connectivity index (χ3v) is 2.55. The first-order valence-electron chi connectivity index (χ1n) is 6.27. The van der Waals surface area contributed by atoms with E-state index in [2.05, 4.69) is 5.32 Å². The lowest BCUT2D eigenvalue weighted by molar-refractivity contribution is 0.0334. The molecule has 0 aliphatic carbocycles. The molecule has 0 bridgehead atoms. The molecule has 1 N–H and O–H groups in total. The van der Waals surface area contributed by atoms with Gasteiger partial charge in [-0.1, -0.05) is 18.2 Å². The van der Waals surface area contributed by atoms with Crippen molar-refractivity contribution in [1.29, 1.82) is 0 Å². The molecule has 0 atom stereocenters. The van der Waals surface area contributed by atoms with E-state index in [-0.39, 0.29) is 5.97 Å². The van der Waals surface area contributed by atoms with Gasteiger partial charge in [-0.15, -0.1) is 0 Å². The van der Waals surface area contributed by atoms with Crippen LogP contribution in [0.5, 0.6) is 0 Å². The summed E-state index contributed by atoms with van der Waals surface area (Å²) >= 11 is 0. The van der Waals surface area contributed by atoms with Gasteiger partial charge in [-0.2, -0.15) is 0 Å². The molecule has 1 aromatic carbocycles. The topological polar surface area (TPSA) is 47.6 Å². The summed E-state index contributed by atoms with van der Waals surface area (Å²) in [5.41, 5.74) is 1.65. The molecule has 18 heavy (non-hydrogen) atoms. The van der Waals surface area contributed by atoms with Crippen molar-refractivity contribution in [2.75, 3.05) is 33.4 Å². The normalized spacial score (nSPS) is 10.3. The zero-order valence-electron chi connectivity index (χ0n) is 11.1. The van der Waals surface area contributed by atoms with Crippen LogP contribution in [-0.2, 0) is 15.9 Å². The smallest absolute Gasteiger partial charge is 0.338 e. The van der Waals surface area contributed by atoms with Crippen molar-refractivity contribution in [3.63, 3.8) is 0 Å². The first-order chi connectivity index (χ1) is 8.79. The van der Waals surface area contributed by atoms with Crippen LogP contribution >= 0.6 is 0 Å². The van der Waals surface area contributed by atoms with E-state index in [1.165, 1.54) is 0 Å². The van der Waals surface area contributed by atoms with Crippen LogP contribution in [0.25, 0.3) is 0 Å². The van der Waals surface area contributed by atoms with Crippen LogP contribution in [0.1, 0.15) is 22.8 Å². The molecule has 0 amide bonds. The number of carbonyl (C=O) groups is 1. The van der Waals surface area contributed by atoms with Gasteiger partial charge >= 0.3 is 5.97 Å². The molecular formula is C14H21NO3. The maximum Gasteiger partial charge on any atom is 0.338 e. The van der Waals surface area contributed by atoms with Crippen LogP contribution in [0.3, 0.4) is 0 Å². The molecule has 4 nitrogen and oxygen atoms in total. The lowest BCUT2D eigenvalue weighted by atomic mass is 10.0. The second kappa shape index (κ2) is 8.66. The third-order valence-electron chi connectivity index (χ3n) is 2.55. The second-order valence-corrected chi connectivity index (χ2v) is 3.84. The number of likely N-dealkylation sites (N-methyl/N-ethyl adjacent to an activating group) is 1. The van der Waals surface area contributed by atoms with Gasteiger partial charge in [0.05, 0.1) is 12.2 Å². The van der Waals surface area contributed by atoms with Crippen LogP contribution < -0.4 is 5.32 Å². The number of ether oxygens (including phenoxy) is 2. The average Bonchev–Trinajstić information content (AvgIpc) is 2.41. The molecular weight excluding hydrogens is 230 g/mol. The Labute approximate surface area is 108 Å². The SMILES string of the molecule is CCOCCOC(=O)c1ccccc1CCNC. The zero-order chi connectivity index (χ0) is 13.2. The lowest BCUT2D eigenvalue weighted by Crippen LogP contribution is -2.15. The van der Waals surface area contributed by atoms with Gasteiger partial charge in [0.1, 0.15) is 6.61 Å². The zero-order valence-corrected chi connectivity index (χ0v) is 11.1. The van der Waals surface area contributed by atoms with E-state index in [4.69, 9.17) is 9.47 Å². The maximum atomic E-state index is 11.9. The van der Waals surface area contributed by atoms with Crippen LogP contribution in [0.15, 0.2) is 24.3 Å². The summed E-state index contributed by atoms with van der Waals surface area (Å²) in [6, 6.07) is 7.54. The molecule has 100 valence electrons. The summed E-state index contributed by atoms with van der Waals surface area (Å²) in [6.07, 6.45) is 0.813. The predicted octanol–water partition coefficient (Wildman–Crippen LogP) is 1.64. The number of nitrogens with one attached hydrogen (secondary N) is 1. The van der Waals surface area contributed by atoms with Crippen molar-refractivity contribution >= 4 is 5.97 Å². The van der Waals surface area contributed by atoms with Gasteiger partial charge in [-0.25, -0.2) is 4.79 Å². The molecule has 0 fully saturated rings. The Balaban J connectivity index is 2.55. The largest absolute Gasteiger partial charge is 0.460 e. The second-order valence-electron chi connectivity index (χ2n) is 3.84. The molecule has 0 unspecified atom stereocenters. The number of rotatable bonds is 8. The molecule has 0 aliphatic rings. The minimum absolute atomic E-state index is 0.276. The first-order valence-corrected chi connectivity index (χ1v) is 6.27. The quantitative estimate of drug-likeness (QED) is 0.563. The number of benzene rings is 1. The molecule has 0 saturated carbocycles. The number of hydrogen-bond donors (Lipinski definition) is 1. The Hall–Kier alpha value is -1.39. The predicted molar refractivity (Wildman–Crippen MR) is 70.8 cm³/mol. The molecule has 4 heteroatoms. The highest BCUT2D eigenvalue weighted by molar-refractivity contribution is 5.91. The van der Waals surface area contributed by atoms with Crippen molar-refractivity contribution in [3.05, 3.63) is 35.4 Å². The fourth-order valence-electron chi connectivity index (χ4n) is 1.61. The third kappa shape index (κ3) is 4.85. The minimum atomic E-state index is -0.276. The van der Waals surface area contributed by atoms with Crippen LogP contribution in [0.4, 0.5) is 0 Å². The van der Waals surface area contributed by atoms with Crippen molar-refractivity contribution in [2.45, 2.75) is 13.3 Å². The Kier molecular flexibility index (Phi) is 7.06. The molecule has 0 heterocycles. The summed E-state index contributed by atoms with van der Waals surface area (Å²) in [7, 11) is 1.89. The standard InChI is InChI=1S/C14H21NO3/c1-3-17-10-11-18-14(16)13-7-5-4-6-12(13)8-9-15-2/h4-7,15H,3,8-11H2,1-2H3. The van der Waals surface area contributed by atoms with E-state index < -0.39 is 0 Å². The van der Waals surface area contributed by atoms with Gasteiger partial charge in [0, 0.05) is 6.61 Å². The molecule has 0 saturated heterocycles. The van der Waals surface area contributed by atoms with Crippen LogP contribution in [-0.4, -0.2) is 39.4 Å². The number of hydrogen-bond acceptors (Lipinski definition) is 4. The van der Waals surface area contributed by atoms with Crippen molar-refractivity contribution in [1.82, 2.24) is 5.32 Å². The van der Waals surface area contributed by atoms with E-state index in [9.17, 15) is 4.79 Å². The van der Waals surface area contributed by atoms with Crippen molar-refractivity contribution < 1.29 is 14.3 Å². The Morgan fingerprint density at radius 2 is 2.06 bits per heavy atom. The highest BCUT2D eigenvalue weighted by Gasteiger charge is 2.11. The molecule has 0 aromatic heterocycles. The number of carbonyl (C=O) groups excluding carboxylic acids is 1. The van der Waals surface area contributed by atoms with Gasteiger partial charge in [0.15, 0.2) is 0 Å². The Morgan fingerprint density at radius 3 is 2.78 bits per heavy atom. The van der Waals surface area contributed by atoms with E-state index in [1.54, 1.807) is 6.07 Å². The maximum absolute atomic E-state index is 11.9. The summed E-state index contributed by atoms with van der Waals surface area (Å²) in [4.78, 5) is 11.9. The molecule has 0 spiro atoms. The number of esters is 1. The fraction of sp³-hybridized carbons (Fsp3) is 0.500. The summed E-state index contributed by atoms with van der Waals surface area (Å²) in [6.45, 7) is 4.13. The molecule has 0 radical (unpaired) electrons. The van der Waals surface area contributed by atoms with Gasteiger partial charge in [-0.3, -0.25) is 0 Å². The van der Waals surface area contributed by atoms with E-state index >= 15 is 0 Å². The Bertz CT molecular complexity index is 366. The first kappa shape index (κ1) is 14.7. The molecule has 0 aliphatic heterocycles. The highest BCUT2D eigenvalue weighted by Crippen LogP contribution is 2.10. The summed E-state index contributed by atoms with van der Waals surface area (Å²) in [5, 5.41) is 3.07. The summed E-state index contributed by atoms with van der Waals surface area (Å²) < 4.78 is 10.3. The minimum Gasteiger partial charge on any atom is -0.460 e. The van der Waals surface area contributed by atoms with Crippen LogP contribution in [0.2, 0.25) is 0 Å². The van der Waals surface area contributed by atoms with Gasteiger partial charge < -0.3 is 14.8 Å². The monoisotopic (exact) mass is 251 g/mol. The van der Waals surface area contributed by atoms with E-state index in [0.717, 1.165) is 18.5 Å². The summed E-state index contributed by atoms with van der Waals surface area (Å²) in [5.74, 6) is -0.276. The van der Waals surface area contributed by atoms with Crippen LogP contribution in [0, 0.1) is 0 Å². The Morgan fingerprint density at radius 1 is 1.28 bits per heavy atom. The van der Waals surface area contributed by atoms with Crippen molar-refractivity contribution in [2.24, 2.45) is 0 Å². The molecule has 1 aromatic rings. The molecule has 1 rings (SSSR count). The van der Waals surface area contributed by atoms with E-state index in [0.29, 0.717) is 25.4 Å². The van der Waals surface area contributed by atoms with E-state index in [1.807, 2.05) is 32.2 Å². The lowest BCUT2D eigenvalue weighted by Gasteiger charge is -2.09. The van der Waals surface area contributed by atoms with Gasteiger partial charge in [0.25, 0.3) is 0 Å².